The van der Waals surface area contributed by atoms with Crippen LogP contribution in [0, 0.1) is 11.6 Å². The summed E-state index contributed by atoms with van der Waals surface area (Å²) < 4.78 is 29.8. The average Bonchev–Trinajstić information content (AvgIpc) is 3.81. The zero-order chi connectivity index (χ0) is 42.1. The molecule has 0 unspecified atom stereocenters. The Bertz CT molecular complexity index is 3260. The predicted octanol–water partition coefficient (Wildman–Crippen LogP) is 15.3. The SMILES string of the molecule is Fc1ccc(C2(c3ccc(F)cc3)c3cc(N(c4ccccc4)c4ccc5c(c4)C(c4ccccc4)(c4ccccc4)c4ccccc4-5)ccc3-c3c2ccc2ccccc32)cc1. The van der Waals surface area contributed by atoms with Crippen molar-refractivity contribution < 1.29 is 8.78 Å². The third-order valence-electron chi connectivity index (χ3n) is 13.5. The molecule has 0 N–H and O–H groups in total. The van der Waals surface area contributed by atoms with Crippen molar-refractivity contribution in [3.63, 3.8) is 0 Å². The van der Waals surface area contributed by atoms with Crippen molar-refractivity contribution in [2.45, 2.75) is 10.8 Å². The van der Waals surface area contributed by atoms with E-state index in [-0.39, 0.29) is 11.6 Å². The molecule has 0 saturated heterocycles. The first-order valence-corrected chi connectivity index (χ1v) is 21.5. The van der Waals surface area contributed by atoms with E-state index in [1.807, 2.05) is 24.3 Å². The second-order valence-corrected chi connectivity index (χ2v) is 16.6. The van der Waals surface area contributed by atoms with Gasteiger partial charge in [0.2, 0.25) is 0 Å². The summed E-state index contributed by atoms with van der Waals surface area (Å²) in [4.78, 5) is 2.35. The Morgan fingerprint density at radius 3 is 1.38 bits per heavy atom. The highest BCUT2D eigenvalue weighted by Crippen LogP contribution is 2.60. The molecule has 0 amide bonds. The first-order chi connectivity index (χ1) is 31.1. The molecule has 0 bridgehead atoms. The summed E-state index contributed by atoms with van der Waals surface area (Å²) in [5.41, 5.74) is 15.0. The van der Waals surface area contributed by atoms with E-state index in [2.05, 4.69) is 193 Å². The molecule has 0 aromatic heterocycles. The van der Waals surface area contributed by atoms with Crippen LogP contribution < -0.4 is 4.90 Å². The molecule has 10 aromatic carbocycles. The van der Waals surface area contributed by atoms with E-state index in [1.54, 1.807) is 0 Å². The fraction of sp³-hybridized carbons (Fsp3) is 0.0333. The number of para-hydroxylation sites is 1. The molecular weight excluding hydrogens is 773 g/mol. The molecule has 298 valence electrons. The molecular formula is C60H39F2N. The Kier molecular flexibility index (Phi) is 8.42. The van der Waals surface area contributed by atoms with Gasteiger partial charge in [0.15, 0.2) is 0 Å². The van der Waals surface area contributed by atoms with Gasteiger partial charge in [-0.15, -0.1) is 0 Å². The minimum atomic E-state index is -0.899. The van der Waals surface area contributed by atoms with Gasteiger partial charge in [-0.2, -0.15) is 0 Å². The summed E-state index contributed by atoms with van der Waals surface area (Å²) in [6.45, 7) is 0. The van der Waals surface area contributed by atoms with E-state index in [4.69, 9.17) is 0 Å². The van der Waals surface area contributed by atoms with Gasteiger partial charge in [-0.05, 0) is 138 Å². The largest absolute Gasteiger partial charge is 0.310 e. The number of halogens is 2. The van der Waals surface area contributed by atoms with Gasteiger partial charge >= 0.3 is 0 Å². The van der Waals surface area contributed by atoms with Crippen molar-refractivity contribution in [1.29, 1.82) is 0 Å². The van der Waals surface area contributed by atoms with E-state index in [0.29, 0.717) is 0 Å². The van der Waals surface area contributed by atoms with Gasteiger partial charge in [-0.25, -0.2) is 8.78 Å². The molecule has 1 nitrogen and oxygen atoms in total. The number of rotatable bonds is 7. The summed E-state index contributed by atoms with van der Waals surface area (Å²) in [5.74, 6) is -0.621. The minimum Gasteiger partial charge on any atom is -0.310 e. The highest BCUT2D eigenvalue weighted by molar-refractivity contribution is 6.04. The van der Waals surface area contributed by atoms with Crippen LogP contribution in [0.4, 0.5) is 25.8 Å². The zero-order valence-electron chi connectivity index (χ0n) is 34.2. The monoisotopic (exact) mass is 811 g/mol. The first-order valence-electron chi connectivity index (χ1n) is 21.5. The molecule has 0 spiro atoms. The van der Waals surface area contributed by atoms with Gasteiger partial charge in [0.05, 0.1) is 10.8 Å². The Morgan fingerprint density at radius 2 is 0.762 bits per heavy atom. The standard InChI is InChI=1S/C60H39F2N/c61-45-29-25-43(26-30-45)60(44-27-31-46(62)32-28-44)55-37-24-40-14-10-11-21-50(40)58(55)53-36-34-49(39-57(53)60)63(47-19-8-3-9-20-47)48-33-35-52-51-22-12-13-23-54(51)59(56(52)38-48,41-15-4-1-5-16-41)42-17-6-2-7-18-42/h1-39H. The minimum absolute atomic E-state index is 0.310. The second-order valence-electron chi connectivity index (χ2n) is 16.6. The quantitative estimate of drug-likeness (QED) is 0.155. The van der Waals surface area contributed by atoms with Crippen molar-refractivity contribution in [2.75, 3.05) is 4.90 Å². The first kappa shape index (κ1) is 36.9. The van der Waals surface area contributed by atoms with Gasteiger partial charge in [0.25, 0.3) is 0 Å². The number of fused-ring (bicyclic) bond motifs is 8. The normalized spacial score (nSPS) is 13.8. The molecule has 0 radical (unpaired) electrons. The molecule has 2 aliphatic carbocycles. The second kappa shape index (κ2) is 14.4. The Hall–Kier alpha value is -7.88. The van der Waals surface area contributed by atoms with E-state index < -0.39 is 10.8 Å². The van der Waals surface area contributed by atoms with E-state index in [9.17, 15) is 8.78 Å². The molecule has 12 rings (SSSR count). The highest BCUT2D eigenvalue weighted by Gasteiger charge is 2.48. The Labute approximate surface area is 365 Å². The summed E-state index contributed by atoms with van der Waals surface area (Å²) >= 11 is 0. The van der Waals surface area contributed by atoms with Crippen LogP contribution in [0.1, 0.15) is 44.5 Å². The fourth-order valence-corrected chi connectivity index (χ4v) is 11.0. The van der Waals surface area contributed by atoms with Crippen molar-refractivity contribution in [3.05, 3.63) is 293 Å². The van der Waals surface area contributed by atoms with E-state index in [0.717, 1.165) is 61.2 Å². The topological polar surface area (TPSA) is 3.24 Å². The molecule has 0 fully saturated rings. The van der Waals surface area contributed by atoms with Gasteiger partial charge in [-0.1, -0.05) is 176 Å². The van der Waals surface area contributed by atoms with Crippen LogP contribution in [0.25, 0.3) is 33.0 Å². The van der Waals surface area contributed by atoms with Crippen molar-refractivity contribution in [3.8, 4) is 22.3 Å². The summed E-state index contributed by atoms with van der Waals surface area (Å²) in [6.07, 6.45) is 0. The lowest BCUT2D eigenvalue weighted by molar-refractivity contribution is 0.622. The maximum atomic E-state index is 14.9. The van der Waals surface area contributed by atoms with Crippen LogP contribution in [-0.2, 0) is 10.8 Å². The van der Waals surface area contributed by atoms with Crippen LogP contribution in [0.3, 0.4) is 0 Å². The molecule has 63 heavy (non-hydrogen) atoms. The number of hydrogen-bond donors (Lipinski definition) is 0. The Balaban J connectivity index is 1.15. The van der Waals surface area contributed by atoms with Crippen LogP contribution in [0.15, 0.2) is 237 Å². The average molecular weight is 812 g/mol. The van der Waals surface area contributed by atoms with Gasteiger partial charge < -0.3 is 4.90 Å². The predicted molar refractivity (Wildman–Crippen MR) is 253 cm³/mol. The van der Waals surface area contributed by atoms with Crippen LogP contribution in [0.2, 0.25) is 0 Å². The lowest BCUT2D eigenvalue weighted by Gasteiger charge is -2.36. The van der Waals surface area contributed by atoms with E-state index >= 15 is 0 Å². The van der Waals surface area contributed by atoms with Gasteiger partial charge in [0.1, 0.15) is 11.6 Å². The van der Waals surface area contributed by atoms with Crippen LogP contribution >= 0.6 is 0 Å². The number of nitrogens with zero attached hydrogens (tertiary/aromatic N) is 1. The fourth-order valence-electron chi connectivity index (χ4n) is 11.0. The highest BCUT2D eigenvalue weighted by atomic mass is 19.1. The summed E-state index contributed by atoms with van der Waals surface area (Å²) in [5, 5.41) is 2.26. The molecule has 3 heteroatoms. The van der Waals surface area contributed by atoms with Crippen molar-refractivity contribution in [1.82, 2.24) is 0 Å². The van der Waals surface area contributed by atoms with Gasteiger partial charge in [-0.3, -0.25) is 0 Å². The lowest BCUT2D eigenvalue weighted by atomic mass is 9.67. The number of benzene rings is 10. The third-order valence-corrected chi connectivity index (χ3v) is 13.5. The zero-order valence-corrected chi connectivity index (χ0v) is 34.2. The maximum Gasteiger partial charge on any atom is 0.123 e. The molecule has 0 saturated carbocycles. The molecule has 0 heterocycles. The van der Waals surface area contributed by atoms with Crippen molar-refractivity contribution >= 4 is 27.8 Å². The van der Waals surface area contributed by atoms with Crippen LogP contribution in [0.5, 0.6) is 0 Å². The van der Waals surface area contributed by atoms with Crippen LogP contribution in [-0.4, -0.2) is 0 Å². The lowest BCUT2D eigenvalue weighted by Crippen LogP contribution is -2.29. The molecule has 0 atom stereocenters. The van der Waals surface area contributed by atoms with E-state index in [1.165, 1.54) is 57.6 Å². The molecule has 10 aromatic rings. The number of hydrogen-bond acceptors (Lipinski definition) is 1. The van der Waals surface area contributed by atoms with Crippen molar-refractivity contribution in [2.24, 2.45) is 0 Å². The molecule has 0 aliphatic heterocycles. The smallest absolute Gasteiger partial charge is 0.123 e. The maximum absolute atomic E-state index is 14.9. The number of anilines is 3. The summed E-state index contributed by atoms with van der Waals surface area (Å²) in [6, 6.07) is 81.4. The molecule has 2 aliphatic rings. The third kappa shape index (κ3) is 5.39. The summed E-state index contributed by atoms with van der Waals surface area (Å²) in [7, 11) is 0. The van der Waals surface area contributed by atoms with Gasteiger partial charge in [0, 0.05) is 17.1 Å². The Morgan fingerprint density at radius 1 is 0.302 bits per heavy atom.